The highest BCUT2D eigenvalue weighted by Crippen LogP contribution is 2.18. The molecule has 0 aliphatic carbocycles. The summed E-state index contributed by atoms with van der Waals surface area (Å²) in [7, 11) is 0. The van der Waals surface area contributed by atoms with Crippen molar-refractivity contribution in [3.8, 4) is 0 Å². The van der Waals surface area contributed by atoms with E-state index in [1.807, 2.05) is 0 Å². The average Bonchev–Trinajstić information content (AvgIpc) is 2.58. The highest BCUT2D eigenvalue weighted by molar-refractivity contribution is 5.85. The van der Waals surface area contributed by atoms with Gasteiger partial charge in [-0.2, -0.15) is 0 Å². The first-order chi connectivity index (χ1) is 11.3. The molecule has 1 aromatic carbocycles. The van der Waals surface area contributed by atoms with Gasteiger partial charge in [-0.25, -0.2) is 0 Å². The number of hydrogen-bond acceptors (Lipinski definition) is 3. The molecule has 0 aromatic heterocycles. The van der Waals surface area contributed by atoms with Crippen molar-refractivity contribution in [2.75, 3.05) is 26.2 Å². The van der Waals surface area contributed by atoms with Gasteiger partial charge in [0.1, 0.15) is 0 Å². The van der Waals surface area contributed by atoms with Gasteiger partial charge in [0.2, 0.25) is 5.91 Å². The standard InChI is InChI=1S/C19H31N3O.2ClH/c20-12-6-2-1-3-10-19(23)21-13-7-14-22-15-11-17-8-4-5-9-18(17)16-22;;/h4-5,8-9H,1-3,6-7,10-16,20H2,(H,21,23);2*1H. The van der Waals surface area contributed by atoms with Gasteiger partial charge in [0.05, 0.1) is 0 Å². The van der Waals surface area contributed by atoms with E-state index in [9.17, 15) is 4.79 Å². The zero-order valence-corrected chi connectivity index (χ0v) is 16.7. The van der Waals surface area contributed by atoms with Gasteiger partial charge in [-0.15, -0.1) is 24.8 Å². The van der Waals surface area contributed by atoms with Crippen LogP contribution in [0, 0.1) is 0 Å². The summed E-state index contributed by atoms with van der Waals surface area (Å²) in [5.41, 5.74) is 8.41. The van der Waals surface area contributed by atoms with E-state index in [0.717, 1.165) is 71.2 Å². The third-order valence-electron chi connectivity index (χ3n) is 4.54. The first-order valence-corrected chi connectivity index (χ1v) is 9.05. The molecule has 0 unspecified atom stereocenters. The normalized spacial score (nSPS) is 13.3. The summed E-state index contributed by atoms with van der Waals surface area (Å²) in [5.74, 6) is 0.196. The summed E-state index contributed by atoms with van der Waals surface area (Å²) >= 11 is 0. The lowest BCUT2D eigenvalue weighted by Gasteiger charge is -2.28. The van der Waals surface area contributed by atoms with E-state index in [-0.39, 0.29) is 30.7 Å². The van der Waals surface area contributed by atoms with Crippen molar-refractivity contribution in [2.24, 2.45) is 5.73 Å². The molecule has 0 radical (unpaired) electrons. The fourth-order valence-electron chi connectivity index (χ4n) is 3.15. The van der Waals surface area contributed by atoms with Crippen molar-refractivity contribution < 1.29 is 4.79 Å². The number of fused-ring (bicyclic) bond motifs is 1. The number of nitrogens with two attached hydrogens (primary N) is 1. The van der Waals surface area contributed by atoms with Crippen LogP contribution in [0.5, 0.6) is 0 Å². The van der Waals surface area contributed by atoms with Crippen LogP contribution < -0.4 is 11.1 Å². The number of hydrogen-bond donors (Lipinski definition) is 2. The van der Waals surface area contributed by atoms with E-state index in [4.69, 9.17) is 5.73 Å². The minimum absolute atomic E-state index is 0. The summed E-state index contributed by atoms with van der Waals surface area (Å²) in [4.78, 5) is 14.2. The number of nitrogens with zero attached hydrogens (tertiary/aromatic N) is 1. The van der Waals surface area contributed by atoms with Crippen molar-refractivity contribution in [1.29, 1.82) is 0 Å². The highest BCUT2D eigenvalue weighted by Gasteiger charge is 2.14. The SMILES string of the molecule is Cl.Cl.NCCCCCCC(=O)NCCCN1CCc2ccccc2C1. The Kier molecular flexibility index (Phi) is 13.9. The van der Waals surface area contributed by atoms with Crippen LogP contribution >= 0.6 is 24.8 Å². The molecule has 3 N–H and O–H groups in total. The monoisotopic (exact) mass is 389 g/mol. The molecule has 1 heterocycles. The molecule has 25 heavy (non-hydrogen) atoms. The third-order valence-corrected chi connectivity index (χ3v) is 4.54. The number of nitrogens with one attached hydrogen (secondary N) is 1. The third kappa shape index (κ3) is 9.45. The minimum Gasteiger partial charge on any atom is -0.356 e. The molecule has 0 atom stereocenters. The smallest absolute Gasteiger partial charge is 0.219 e. The quantitative estimate of drug-likeness (QED) is 0.603. The lowest BCUT2D eigenvalue weighted by atomic mass is 10.00. The Morgan fingerprint density at radius 3 is 2.52 bits per heavy atom. The summed E-state index contributed by atoms with van der Waals surface area (Å²) in [6, 6.07) is 8.71. The lowest BCUT2D eigenvalue weighted by molar-refractivity contribution is -0.121. The van der Waals surface area contributed by atoms with Crippen LogP contribution in [0.4, 0.5) is 0 Å². The first-order valence-electron chi connectivity index (χ1n) is 9.05. The van der Waals surface area contributed by atoms with Crippen LogP contribution in [-0.2, 0) is 17.8 Å². The molecule has 0 bridgehead atoms. The summed E-state index contributed by atoms with van der Waals surface area (Å²) < 4.78 is 0. The van der Waals surface area contributed by atoms with Crippen LogP contribution in [0.25, 0.3) is 0 Å². The van der Waals surface area contributed by atoms with Crippen LogP contribution in [0.2, 0.25) is 0 Å². The number of halogens is 2. The first kappa shape index (κ1) is 24.2. The molecule has 1 aromatic rings. The number of carbonyl (C=O) groups is 1. The summed E-state index contributed by atoms with van der Waals surface area (Å²) in [6.07, 6.45) is 7.13. The molecule has 144 valence electrons. The number of amides is 1. The molecule has 1 aliphatic heterocycles. The fourth-order valence-corrected chi connectivity index (χ4v) is 3.15. The highest BCUT2D eigenvalue weighted by atomic mass is 35.5. The summed E-state index contributed by atoms with van der Waals surface area (Å²) in [6.45, 7) is 4.79. The molecule has 0 saturated carbocycles. The van der Waals surface area contributed by atoms with Crippen molar-refractivity contribution in [3.05, 3.63) is 35.4 Å². The van der Waals surface area contributed by atoms with Crippen LogP contribution in [0.15, 0.2) is 24.3 Å². The lowest BCUT2D eigenvalue weighted by Crippen LogP contribution is -2.33. The molecule has 2 rings (SSSR count). The molecule has 1 amide bonds. The molecule has 0 spiro atoms. The summed E-state index contributed by atoms with van der Waals surface area (Å²) in [5, 5.41) is 3.04. The van der Waals surface area contributed by atoms with Gasteiger partial charge in [0.15, 0.2) is 0 Å². The van der Waals surface area contributed by atoms with E-state index in [1.165, 1.54) is 11.1 Å². The van der Waals surface area contributed by atoms with Gasteiger partial charge in [-0.05, 0) is 43.4 Å². The Bertz CT molecular complexity index is 485. The Morgan fingerprint density at radius 2 is 1.76 bits per heavy atom. The zero-order valence-electron chi connectivity index (χ0n) is 15.0. The maximum Gasteiger partial charge on any atom is 0.219 e. The average molecular weight is 390 g/mol. The van der Waals surface area contributed by atoms with E-state index >= 15 is 0 Å². The molecular weight excluding hydrogens is 357 g/mol. The number of rotatable bonds is 10. The Balaban J connectivity index is 0.00000288. The van der Waals surface area contributed by atoms with Crippen LogP contribution in [0.3, 0.4) is 0 Å². The molecule has 1 aliphatic rings. The van der Waals surface area contributed by atoms with Gasteiger partial charge < -0.3 is 11.1 Å². The Hall–Kier alpha value is -0.810. The Labute approximate surface area is 164 Å². The minimum atomic E-state index is 0. The van der Waals surface area contributed by atoms with Gasteiger partial charge >= 0.3 is 0 Å². The van der Waals surface area contributed by atoms with E-state index in [0.29, 0.717) is 6.42 Å². The Morgan fingerprint density at radius 1 is 1.04 bits per heavy atom. The fraction of sp³-hybridized carbons (Fsp3) is 0.632. The number of unbranched alkanes of at least 4 members (excludes halogenated alkanes) is 3. The molecule has 6 heteroatoms. The number of carbonyl (C=O) groups excluding carboxylic acids is 1. The maximum absolute atomic E-state index is 11.7. The largest absolute Gasteiger partial charge is 0.356 e. The van der Waals surface area contributed by atoms with Gasteiger partial charge in [0.25, 0.3) is 0 Å². The second-order valence-corrected chi connectivity index (χ2v) is 6.45. The van der Waals surface area contributed by atoms with E-state index in [1.54, 1.807) is 0 Å². The van der Waals surface area contributed by atoms with E-state index in [2.05, 4.69) is 34.5 Å². The zero-order chi connectivity index (χ0) is 16.3. The van der Waals surface area contributed by atoms with Gasteiger partial charge in [-0.3, -0.25) is 9.69 Å². The second-order valence-electron chi connectivity index (χ2n) is 6.45. The van der Waals surface area contributed by atoms with Gasteiger partial charge in [0, 0.05) is 32.6 Å². The van der Waals surface area contributed by atoms with Crippen molar-refractivity contribution in [3.63, 3.8) is 0 Å². The van der Waals surface area contributed by atoms with Crippen molar-refractivity contribution in [1.82, 2.24) is 10.2 Å². The van der Waals surface area contributed by atoms with Crippen molar-refractivity contribution in [2.45, 2.75) is 51.5 Å². The maximum atomic E-state index is 11.7. The number of benzene rings is 1. The second kappa shape index (κ2) is 14.4. The molecule has 4 nitrogen and oxygen atoms in total. The topological polar surface area (TPSA) is 58.4 Å². The van der Waals surface area contributed by atoms with Crippen LogP contribution in [0.1, 0.15) is 49.7 Å². The predicted octanol–water partition coefficient (Wildman–Crippen LogP) is 3.30. The molecule has 0 saturated heterocycles. The van der Waals surface area contributed by atoms with Crippen LogP contribution in [-0.4, -0.2) is 37.0 Å². The molecular formula is C19H33Cl2N3O. The molecule has 0 fully saturated rings. The predicted molar refractivity (Wildman–Crippen MR) is 110 cm³/mol. The van der Waals surface area contributed by atoms with E-state index < -0.39 is 0 Å². The van der Waals surface area contributed by atoms with Crippen molar-refractivity contribution >= 4 is 30.7 Å². The van der Waals surface area contributed by atoms with Gasteiger partial charge in [-0.1, -0.05) is 37.1 Å².